The summed E-state index contributed by atoms with van der Waals surface area (Å²) < 4.78 is 0. The molecule has 35 heavy (non-hydrogen) atoms. The molecule has 0 spiro atoms. The van der Waals surface area contributed by atoms with Crippen LogP contribution in [0.2, 0.25) is 0 Å². The van der Waals surface area contributed by atoms with Gasteiger partial charge in [0.25, 0.3) is 0 Å². The van der Waals surface area contributed by atoms with Crippen LogP contribution >= 0.6 is 0 Å². The van der Waals surface area contributed by atoms with Gasteiger partial charge in [0.2, 0.25) is 0 Å². The van der Waals surface area contributed by atoms with E-state index in [0.717, 1.165) is 24.2 Å². The lowest BCUT2D eigenvalue weighted by atomic mass is 9.63. The molecule has 1 saturated carbocycles. The molecule has 0 aromatic rings. The molecule has 1 nitrogen and oxygen atoms in total. The molecule has 1 rings (SSSR count). The van der Waals surface area contributed by atoms with Gasteiger partial charge in [0.15, 0.2) is 0 Å². The highest BCUT2D eigenvalue weighted by Gasteiger charge is 2.35. The molecule has 1 N–H and O–H groups in total. The van der Waals surface area contributed by atoms with Crippen molar-refractivity contribution in [1.82, 2.24) is 5.32 Å². The van der Waals surface area contributed by atoms with Crippen LogP contribution in [0.5, 0.6) is 0 Å². The van der Waals surface area contributed by atoms with Gasteiger partial charge in [-0.2, -0.15) is 0 Å². The van der Waals surface area contributed by atoms with E-state index in [2.05, 4.69) is 52.7 Å². The summed E-state index contributed by atoms with van der Waals surface area (Å²) in [7, 11) is 0. The average molecular weight is 486 g/mol. The van der Waals surface area contributed by atoms with Crippen LogP contribution in [-0.4, -0.2) is 6.04 Å². The van der Waals surface area contributed by atoms with Crippen LogP contribution in [0.25, 0.3) is 0 Å². The van der Waals surface area contributed by atoms with Gasteiger partial charge in [0.05, 0.1) is 0 Å². The number of unbranched alkanes of at least 4 members (excludes halogenated alkanes) is 11. The van der Waals surface area contributed by atoms with Crippen LogP contribution in [-0.2, 0) is 0 Å². The van der Waals surface area contributed by atoms with Gasteiger partial charge < -0.3 is 5.32 Å². The van der Waals surface area contributed by atoms with Crippen molar-refractivity contribution in [2.45, 2.75) is 156 Å². The van der Waals surface area contributed by atoms with E-state index in [4.69, 9.17) is 0 Å². The monoisotopic (exact) mass is 485 g/mol. The first kappa shape index (κ1) is 32.0. The minimum Gasteiger partial charge on any atom is -0.385 e. The van der Waals surface area contributed by atoms with Crippen molar-refractivity contribution in [3.63, 3.8) is 0 Å². The van der Waals surface area contributed by atoms with E-state index < -0.39 is 0 Å². The Balaban J connectivity index is 2.58. The third-order valence-corrected chi connectivity index (χ3v) is 8.41. The highest BCUT2D eigenvalue weighted by Crippen LogP contribution is 2.47. The molecule has 204 valence electrons. The Bertz CT molecular complexity index is 559. The van der Waals surface area contributed by atoms with Crippen LogP contribution < -0.4 is 5.32 Å². The summed E-state index contributed by atoms with van der Waals surface area (Å²) in [6.45, 7) is 22.2. The zero-order valence-corrected chi connectivity index (χ0v) is 24.5. The van der Waals surface area contributed by atoms with Crippen LogP contribution in [0.1, 0.15) is 150 Å². The molecule has 0 aliphatic heterocycles. The van der Waals surface area contributed by atoms with Gasteiger partial charge in [-0.25, -0.2) is 0 Å². The summed E-state index contributed by atoms with van der Waals surface area (Å²) in [5, 5.41) is 3.51. The Morgan fingerprint density at radius 3 is 2.03 bits per heavy atom. The molecule has 0 aromatic heterocycles. The molecule has 0 saturated heterocycles. The first-order valence-electron chi connectivity index (χ1n) is 15.6. The van der Waals surface area contributed by atoms with Crippen LogP contribution in [0, 0.1) is 23.7 Å². The molecule has 0 bridgehead atoms. The smallest absolute Gasteiger partial charge is 0.0467 e. The standard InChI is InChI=1S/C34H63N/c1-8-11-13-15-16-17-18-19-20-22-31(25-30(7)34(35-10-3)24-28(4)5)27-32-26-29(6)33(32)23-21-14-12-9-2/h10,28,31-35H,3,6-9,11-27H2,1-2,4-5H3/t31-,32+,33?,34+/m1/s1. The normalized spacial score (nSPS) is 19.4. The molecule has 0 radical (unpaired) electrons. The quantitative estimate of drug-likeness (QED) is 0.106. The Kier molecular flexibility index (Phi) is 18.4. The van der Waals surface area contributed by atoms with E-state index in [1.165, 1.54) is 127 Å². The van der Waals surface area contributed by atoms with Gasteiger partial charge in [0, 0.05) is 6.04 Å². The first-order chi connectivity index (χ1) is 16.9. The van der Waals surface area contributed by atoms with Crippen molar-refractivity contribution < 1.29 is 0 Å². The topological polar surface area (TPSA) is 12.0 Å². The van der Waals surface area contributed by atoms with Crippen LogP contribution in [0.3, 0.4) is 0 Å². The predicted molar refractivity (Wildman–Crippen MR) is 160 cm³/mol. The first-order valence-corrected chi connectivity index (χ1v) is 15.6. The van der Waals surface area contributed by atoms with Crippen molar-refractivity contribution in [2.75, 3.05) is 0 Å². The number of allylic oxidation sites excluding steroid dienone is 1. The molecule has 1 fully saturated rings. The van der Waals surface area contributed by atoms with E-state index in [1.54, 1.807) is 0 Å². The van der Waals surface area contributed by atoms with Gasteiger partial charge in [-0.15, -0.1) is 0 Å². The third kappa shape index (κ3) is 14.4. The van der Waals surface area contributed by atoms with Gasteiger partial charge in [-0.3, -0.25) is 0 Å². The van der Waals surface area contributed by atoms with Crippen molar-refractivity contribution in [3.8, 4) is 0 Å². The van der Waals surface area contributed by atoms with Crippen LogP contribution in [0.4, 0.5) is 0 Å². The lowest BCUT2D eigenvalue weighted by molar-refractivity contribution is 0.196. The largest absolute Gasteiger partial charge is 0.385 e. The minimum absolute atomic E-state index is 0.374. The Morgan fingerprint density at radius 1 is 0.914 bits per heavy atom. The second-order valence-electron chi connectivity index (χ2n) is 12.2. The second kappa shape index (κ2) is 20.1. The molecule has 1 aliphatic carbocycles. The number of hydrogen-bond donors (Lipinski definition) is 1. The molecule has 0 heterocycles. The molecular weight excluding hydrogens is 422 g/mol. The van der Waals surface area contributed by atoms with Crippen LogP contribution in [0.15, 0.2) is 37.1 Å². The van der Waals surface area contributed by atoms with E-state index in [0.29, 0.717) is 12.0 Å². The second-order valence-corrected chi connectivity index (χ2v) is 12.2. The molecule has 1 aliphatic rings. The maximum absolute atomic E-state index is 4.59. The number of nitrogens with one attached hydrogen (secondary N) is 1. The predicted octanol–water partition coefficient (Wildman–Crippen LogP) is 11.2. The summed E-state index contributed by atoms with van der Waals surface area (Å²) >= 11 is 0. The van der Waals surface area contributed by atoms with Gasteiger partial charge in [0.1, 0.15) is 0 Å². The van der Waals surface area contributed by atoms with Gasteiger partial charge in [-0.1, -0.05) is 148 Å². The summed E-state index contributed by atoms with van der Waals surface area (Å²) in [6, 6.07) is 0.374. The van der Waals surface area contributed by atoms with Crippen molar-refractivity contribution in [1.29, 1.82) is 0 Å². The summed E-state index contributed by atoms with van der Waals surface area (Å²) in [5.74, 6) is 3.12. The highest BCUT2D eigenvalue weighted by atomic mass is 14.9. The molecule has 4 atom stereocenters. The number of hydrogen-bond acceptors (Lipinski definition) is 1. The van der Waals surface area contributed by atoms with E-state index in [-0.39, 0.29) is 0 Å². The van der Waals surface area contributed by atoms with Gasteiger partial charge >= 0.3 is 0 Å². The number of rotatable bonds is 24. The molecule has 0 aromatic carbocycles. The molecular formula is C34H63N. The minimum atomic E-state index is 0.374. The fourth-order valence-corrected chi connectivity index (χ4v) is 6.24. The summed E-state index contributed by atoms with van der Waals surface area (Å²) in [5.41, 5.74) is 2.94. The summed E-state index contributed by atoms with van der Waals surface area (Å²) in [6.07, 6.45) is 27.9. The zero-order valence-electron chi connectivity index (χ0n) is 24.5. The van der Waals surface area contributed by atoms with Crippen molar-refractivity contribution >= 4 is 0 Å². The van der Waals surface area contributed by atoms with E-state index in [1.807, 2.05) is 6.20 Å². The fraction of sp³-hybridized carbons (Fsp3) is 0.824. The van der Waals surface area contributed by atoms with Crippen molar-refractivity contribution in [2.24, 2.45) is 23.7 Å². The Labute approximate surface area is 221 Å². The Hall–Kier alpha value is -0.980. The molecule has 1 unspecified atom stereocenters. The lowest BCUT2D eigenvalue weighted by Gasteiger charge is -2.42. The third-order valence-electron chi connectivity index (χ3n) is 8.41. The molecule has 1 heteroatoms. The highest BCUT2D eigenvalue weighted by molar-refractivity contribution is 5.15. The van der Waals surface area contributed by atoms with E-state index >= 15 is 0 Å². The SMILES string of the molecule is C=CN[C@@H](CC(C)C)C(=C)C[C@@H](CCCCCCCCCCC)C[C@@H]1CC(=C)C1CCCCCC. The lowest BCUT2D eigenvalue weighted by Crippen LogP contribution is -2.32. The van der Waals surface area contributed by atoms with Gasteiger partial charge in [-0.05, 0) is 62.0 Å². The Morgan fingerprint density at radius 2 is 1.49 bits per heavy atom. The maximum atomic E-state index is 4.59. The van der Waals surface area contributed by atoms with E-state index in [9.17, 15) is 0 Å². The fourth-order valence-electron chi connectivity index (χ4n) is 6.24. The average Bonchev–Trinajstić information content (AvgIpc) is 2.81. The molecule has 0 amide bonds. The van der Waals surface area contributed by atoms with Crippen molar-refractivity contribution in [3.05, 3.63) is 37.1 Å². The maximum Gasteiger partial charge on any atom is 0.0467 e. The zero-order chi connectivity index (χ0) is 25.9. The summed E-state index contributed by atoms with van der Waals surface area (Å²) in [4.78, 5) is 0.